The van der Waals surface area contributed by atoms with Crippen LogP contribution in [0.5, 0.6) is 0 Å². The van der Waals surface area contributed by atoms with Gasteiger partial charge in [0.2, 0.25) is 17.6 Å². The quantitative estimate of drug-likeness (QED) is 0.747. The summed E-state index contributed by atoms with van der Waals surface area (Å²) in [6.45, 7) is 3.33. The van der Waals surface area contributed by atoms with E-state index in [1.54, 1.807) is 16.7 Å². The number of amides is 1. The zero-order valence-electron chi connectivity index (χ0n) is 16.4. The summed E-state index contributed by atoms with van der Waals surface area (Å²) < 4.78 is 50.8. The van der Waals surface area contributed by atoms with Crippen molar-refractivity contribution in [2.45, 2.75) is 32.0 Å². The molecule has 4 heterocycles. The Morgan fingerprint density at radius 2 is 2.10 bits per heavy atom. The van der Waals surface area contributed by atoms with Crippen LogP contribution < -0.4 is 4.90 Å². The summed E-state index contributed by atoms with van der Waals surface area (Å²) in [6, 6.07) is 2.29. The summed E-state index contributed by atoms with van der Waals surface area (Å²) in [5.74, 6) is 0.171. The average molecular weight is 425 g/mol. The molecule has 11 heteroatoms. The van der Waals surface area contributed by atoms with Crippen LogP contribution in [0.15, 0.2) is 22.9 Å². The summed E-state index contributed by atoms with van der Waals surface area (Å²) in [5, 5.41) is 3.86. The highest BCUT2D eigenvalue weighted by Gasteiger charge is 2.38. The lowest BCUT2D eigenvalue weighted by atomic mass is 9.95. The molecule has 30 heavy (non-hydrogen) atoms. The van der Waals surface area contributed by atoms with Crippen LogP contribution in [0.2, 0.25) is 0 Å². The van der Waals surface area contributed by atoms with Crippen LogP contribution in [-0.2, 0) is 15.7 Å². The van der Waals surface area contributed by atoms with Gasteiger partial charge in [-0.15, -0.1) is 0 Å². The van der Waals surface area contributed by atoms with Gasteiger partial charge in [-0.3, -0.25) is 4.79 Å². The van der Waals surface area contributed by atoms with Gasteiger partial charge in [0.25, 0.3) is 0 Å². The van der Waals surface area contributed by atoms with Gasteiger partial charge in [0.05, 0.1) is 24.6 Å². The summed E-state index contributed by atoms with van der Waals surface area (Å²) in [7, 11) is 0. The standard InChI is InChI=1S/C19H22F3N5O3/c1-12-24-16(25-30-12)15-11-27(8-9-29-15)18(28)13-4-3-7-26(10-13)17-14(19(20,21)22)5-2-6-23-17/h2,5-6,13,15H,3-4,7-11H2,1H3/t13-,15-/m1/s1. The third-order valence-corrected chi connectivity index (χ3v) is 5.37. The van der Waals surface area contributed by atoms with Crippen LogP contribution in [0.1, 0.15) is 36.2 Å². The van der Waals surface area contributed by atoms with E-state index in [-0.39, 0.29) is 24.8 Å². The largest absolute Gasteiger partial charge is 0.419 e. The third kappa shape index (κ3) is 4.25. The van der Waals surface area contributed by atoms with E-state index in [1.807, 2.05) is 0 Å². The molecule has 0 radical (unpaired) electrons. The molecule has 2 aromatic heterocycles. The lowest BCUT2D eigenvalue weighted by Gasteiger charge is -2.38. The molecule has 2 fully saturated rings. The first-order valence-corrected chi connectivity index (χ1v) is 9.80. The molecule has 2 atom stereocenters. The zero-order chi connectivity index (χ0) is 21.3. The monoisotopic (exact) mass is 425 g/mol. The number of nitrogens with zero attached hydrogens (tertiary/aromatic N) is 5. The van der Waals surface area contributed by atoms with Crippen LogP contribution >= 0.6 is 0 Å². The molecule has 0 aliphatic carbocycles. The van der Waals surface area contributed by atoms with Gasteiger partial charge in [-0.1, -0.05) is 5.16 Å². The smallest absolute Gasteiger partial charge is 0.366 e. The van der Waals surface area contributed by atoms with Crippen molar-refractivity contribution in [2.75, 3.05) is 37.7 Å². The molecule has 4 rings (SSSR count). The molecule has 0 aromatic carbocycles. The number of hydrogen-bond donors (Lipinski definition) is 0. The van der Waals surface area contributed by atoms with Gasteiger partial charge in [0, 0.05) is 32.8 Å². The van der Waals surface area contributed by atoms with Crippen LogP contribution in [0.3, 0.4) is 0 Å². The average Bonchev–Trinajstić information content (AvgIpc) is 3.19. The van der Waals surface area contributed by atoms with Crippen molar-refractivity contribution in [3.63, 3.8) is 0 Å². The number of piperidine rings is 1. The van der Waals surface area contributed by atoms with Crippen molar-refractivity contribution < 1.29 is 27.2 Å². The molecule has 0 bridgehead atoms. The number of ether oxygens (including phenoxy) is 1. The number of carbonyl (C=O) groups excluding carboxylic acids is 1. The van der Waals surface area contributed by atoms with Crippen LogP contribution in [0.4, 0.5) is 19.0 Å². The fourth-order valence-corrected chi connectivity index (χ4v) is 3.95. The van der Waals surface area contributed by atoms with E-state index in [0.717, 1.165) is 6.07 Å². The van der Waals surface area contributed by atoms with Gasteiger partial charge < -0.3 is 19.1 Å². The van der Waals surface area contributed by atoms with Gasteiger partial charge >= 0.3 is 6.18 Å². The highest BCUT2D eigenvalue weighted by molar-refractivity contribution is 5.80. The Kier molecular flexibility index (Phi) is 5.63. The minimum atomic E-state index is -4.50. The first-order chi connectivity index (χ1) is 14.3. The fourth-order valence-electron chi connectivity index (χ4n) is 3.95. The van der Waals surface area contributed by atoms with E-state index in [0.29, 0.717) is 44.3 Å². The predicted octanol–water partition coefficient (Wildman–Crippen LogP) is 2.61. The second-order valence-electron chi connectivity index (χ2n) is 7.47. The molecule has 2 aliphatic heterocycles. The number of carbonyl (C=O) groups is 1. The molecule has 2 aliphatic rings. The maximum atomic E-state index is 13.4. The second kappa shape index (κ2) is 8.21. The van der Waals surface area contributed by atoms with Crippen molar-refractivity contribution in [1.82, 2.24) is 20.0 Å². The predicted molar refractivity (Wildman–Crippen MR) is 98.5 cm³/mol. The van der Waals surface area contributed by atoms with E-state index in [1.165, 1.54) is 12.3 Å². The topological polar surface area (TPSA) is 84.6 Å². The fraction of sp³-hybridized carbons (Fsp3) is 0.579. The minimum Gasteiger partial charge on any atom is -0.366 e. The number of rotatable bonds is 3. The summed E-state index contributed by atoms with van der Waals surface area (Å²) in [6.07, 6.45) is -2.40. The summed E-state index contributed by atoms with van der Waals surface area (Å²) in [5.41, 5.74) is -0.781. The number of aryl methyl sites for hydroxylation is 1. The van der Waals surface area contributed by atoms with E-state index in [4.69, 9.17) is 9.26 Å². The van der Waals surface area contributed by atoms with Crippen molar-refractivity contribution in [3.8, 4) is 0 Å². The van der Waals surface area contributed by atoms with Crippen molar-refractivity contribution >= 4 is 11.7 Å². The Balaban J connectivity index is 1.46. The Hall–Kier alpha value is -2.69. The second-order valence-corrected chi connectivity index (χ2v) is 7.47. The van der Waals surface area contributed by atoms with Crippen molar-refractivity contribution in [3.05, 3.63) is 35.6 Å². The lowest BCUT2D eigenvalue weighted by molar-refractivity contribution is -0.144. The third-order valence-electron chi connectivity index (χ3n) is 5.37. The Morgan fingerprint density at radius 3 is 2.83 bits per heavy atom. The zero-order valence-corrected chi connectivity index (χ0v) is 16.4. The van der Waals surface area contributed by atoms with Crippen LogP contribution in [-0.4, -0.2) is 58.7 Å². The maximum absolute atomic E-state index is 13.4. The van der Waals surface area contributed by atoms with Crippen molar-refractivity contribution in [1.29, 1.82) is 0 Å². The van der Waals surface area contributed by atoms with Gasteiger partial charge in [0.1, 0.15) is 11.9 Å². The van der Waals surface area contributed by atoms with E-state index >= 15 is 0 Å². The molecule has 162 valence electrons. The molecule has 8 nitrogen and oxygen atoms in total. The molecule has 0 N–H and O–H groups in total. The van der Waals surface area contributed by atoms with Gasteiger partial charge in [-0.25, -0.2) is 4.98 Å². The SMILES string of the molecule is Cc1nc([C@H]2CN(C(=O)[C@@H]3CCCN(c4ncccc4C(F)(F)F)C3)CCO2)no1. The lowest BCUT2D eigenvalue weighted by Crippen LogP contribution is -2.49. The summed E-state index contributed by atoms with van der Waals surface area (Å²) >= 11 is 0. The van der Waals surface area contributed by atoms with Gasteiger partial charge in [0.15, 0.2) is 0 Å². The first-order valence-electron chi connectivity index (χ1n) is 9.80. The Labute approximate surface area is 171 Å². The maximum Gasteiger partial charge on any atom is 0.419 e. The number of alkyl halides is 3. The number of hydrogen-bond acceptors (Lipinski definition) is 7. The Bertz CT molecular complexity index is 904. The van der Waals surface area contributed by atoms with E-state index in [9.17, 15) is 18.0 Å². The molecule has 0 unspecified atom stereocenters. The van der Waals surface area contributed by atoms with Gasteiger partial charge in [-0.2, -0.15) is 18.2 Å². The van der Waals surface area contributed by atoms with E-state index < -0.39 is 23.8 Å². The summed E-state index contributed by atoms with van der Waals surface area (Å²) in [4.78, 5) is 24.5. The molecule has 0 spiro atoms. The van der Waals surface area contributed by atoms with Crippen LogP contribution in [0, 0.1) is 12.8 Å². The van der Waals surface area contributed by atoms with Gasteiger partial charge in [-0.05, 0) is 25.0 Å². The highest BCUT2D eigenvalue weighted by Crippen LogP contribution is 2.36. The molecule has 2 saturated heterocycles. The highest BCUT2D eigenvalue weighted by atomic mass is 19.4. The van der Waals surface area contributed by atoms with Crippen LogP contribution in [0.25, 0.3) is 0 Å². The molecule has 2 aromatic rings. The molecular formula is C19H22F3N5O3. The molecule has 0 saturated carbocycles. The normalized spacial score (nSPS) is 22.9. The number of morpholine rings is 1. The number of pyridine rings is 1. The number of halogens is 3. The van der Waals surface area contributed by atoms with Crippen molar-refractivity contribution in [2.24, 2.45) is 5.92 Å². The number of aromatic nitrogens is 3. The molecule has 1 amide bonds. The first kappa shape index (κ1) is 20.6. The van der Waals surface area contributed by atoms with E-state index in [2.05, 4.69) is 15.1 Å². The molecular weight excluding hydrogens is 403 g/mol. The minimum absolute atomic E-state index is 0.0993. The number of anilines is 1. The Morgan fingerprint density at radius 1 is 1.27 bits per heavy atom.